The second-order valence-electron chi connectivity index (χ2n) is 6.29. The fourth-order valence-corrected chi connectivity index (χ4v) is 4.17. The van der Waals surface area contributed by atoms with Crippen LogP contribution in [0.25, 0.3) is 22.4 Å². The Kier molecular flexibility index (Phi) is 5.45. The standard InChI is InChI=1S/C21H19N3O2S2/c1-3-14-8-10-15(11-9-14)17-12-27-20(22-17)24-19(25)13(2)28-21-23-16-6-4-5-7-18(16)26-21/h4-13H,3H2,1-2H3,(H,22,24,25)/t13-/m1/s1. The lowest BCUT2D eigenvalue weighted by Gasteiger charge is -2.07. The topological polar surface area (TPSA) is 68.0 Å². The number of amides is 1. The van der Waals surface area contributed by atoms with E-state index in [0.29, 0.717) is 10.4 Å². The summed E-state index contributed by atoms with van der Waals surface area (Å²) in [4.78, 5) is 21.5. The molecule has 1 atom stereocenters. The highest BCUT2D eigenvalue weighted by molar-refractivity contribution is 8.00. The first-order valence-electron chi connectivity index (χ1n) is 9.00. The Labute approximate surface area is 171 Å². The molecule has 4 rings (SSSR count). The van der Waals surface area contributed by atoms with Crippen LogP contribution in [0.4, 0.5) is 5.13 Å². The monoisotopic (exact) mass is 409 g/mol. The van der Waals surface area contributed by atoms with Crippen LogP contribution in [0.3, 0.4) is 0 Å². The van der Waals surface area contributed by atoms with Gasteiger partial charge in [-0.1, -0.05) is 55.1 Å². The molecule has 0 saturated heterocycles. The van der Waals surface area contributed by atoms with E-state index in [1.54, 1.807) is 0 Å². The molecule has 0 aliphatic carbocycles. The van der Waals surface area contributed by atoms with Gasteiger partial charge in [-0.2, -0.15) is 0 Å². The second-order valence-corrected chi connectivity index (χ2v) is 8.44. The molecule has 0 aliphatic rings. The fourth-order valence-electron chi connectivity index (χ4n) is 2.69. The SMILES string of the molecule is CCc1ccc(-c2csc(NC(=O)[C@@H](C)Sc3nc4ccccc4o3)n2)cc1. The number of thioether (sulfide) groups is 1. The van der Waals surface area contributed by atoms with Crippen molar-refractivity contribution in [1.29, 1.82) is 0 Å². The number of hydrogen-bond donors (Lipinski definition) is 1. The Hall–Kier alpha value is -2.64. The molecular weight excluding hydrogens is 390 g/mol. The van der Waals surface area contributed by atoms with E-state index in [9.17, 15) is 4.79 Å². The predicted molar refractivity (Wildman–Crippen MR) is 115 cm³/mol. The van der Waals surface area contributed by atoms with E-state index in [1.165, 1.54) is 28.7 Å². The number of oxazole rings is 1. The summed E-state index contributed by atoms with van der Waals surface area (Å²) in [5.74, 6) is -0.130. The van der Waals surface area contributed by atoms with Crippen molar-refractivity contribution in [2.75, 3.05) is 5.32 Å². The maximum Gasteiger partial charge on any atom is 0.257 e. The summed E-state index contributed by atoms with van der Waals surface area (Å²) in [6.45, 7) is 3.96. The first-order chi connectivity index (χ1) is 13.6. The van der Waals surface area contributed by atoms with Crippen molar-refractivity contribution in [3.05, 3.63) is 59.5 Å². The number of aryl methyl sites for hydroxylation is 1. The molecule has 0 aliphatic heterocycles. The molecule has 7 heteroatoms. The van der Waals surface area contributed by atoms with E-state index >= 15 is 0 Å². The fraction of sp³-hybridized carbons (Fsp3) is 0.190. The quantitative estimate of drug-likeness (QED) is 0.418. The van der Waals surface area contributed by atoms with E-state index < -0.39 is 0 Å². The van der Waals surface area contributed by atoms with Crippen LogP contribution in [0, 0.1) is 0 Å². The van der Waals surface area contributed by atoms with Crippen molar-refractivity contribution >= 4 is 45.2 Å². The summed E-state index contributed by atoms with van der Waals surface area (Å²) < 4.78 is 5.68. The molecule has 4 aromatic rings. The van der Waals surface area contributed by atoms with Crippen molar-refractivity contribution in [1.82, 2.24) is 9.97 Å². The van der Waals surface area contributed by atoms with Gasteiger partial charge in [-0.05, 0) is 31.0 Å². The van der Waals surface area contributed by atoms with Gasteiger partial charge in [0.05, 0.1) is 10.9 Å². The summed E-state index contributed by atoms with van der Waals surface area (Å²) in [5.41, 5.74) is 4.70. The number of carbonyl (C=O) groups is 1. The molecule has 0 bridgehead atoms. The molecule has 142 valence electrons. The van der Waals surface area contributed by atoms with E-state index in [2.05, 4.69) is 46.5 Å². The van der Waals surface area contributed by atoms with Gasteiger partial charge in [0.2, 0.25) is 5.91 Å². The number of anilines is 1. The second kappa shape index (κ2) is 8.16. The lowest BCUT2D eigenvalue weighted by Crippen LogP contribution is -2.22. The zero-order valence-electron chi connectivity index (χ0n) is 15.5. The van der Waals surface area contributed by atoms with Gasteiger partial charge in [0.1, 0.15) is 5.52 Å². The molecule has 5 nitrogen and oxygen atoms in total. The van der Waals surface area contributed by atoms with Gasteiger partial charge in [0.25, 0.3) is 5.22 Å². The molecule has 0 radical (unpaired) electrons. The molecule has 28 heavy (non-hydrogen) atoms. The van der Waals surface area contributed by atoms with Gasteiger partial charge in [-0.15, -0.1) is 11.3 Å². The van der Waals surface area contributed by atoms with E-state index in [1.807, 2.05) is 36.6 Å². The maximum absolute atomic E-state index is 12.5. The Morgan fingerprint density at radius 3 is 2.71 bits per heavy atom. The Morgan fingerprint density at radius 1 is 1.18 bits per heavy atom. The molecule has 2 aromatic heterocycles. The molecule has 0 spiro atoms. The van der Waals surface area contributed by atoms with Crippen LogP contribution < -0.4 is 5.32 Å². The van der Waals surface area contributed by atoms with Gasteiger partial charge in [0, 0.05) is 10.9 Å². The first-order valence-corrected chi connectivity index (χ1v) is 10.8. The average molecular weight is 410 g/mol. The van der Waals surface area contributed by atoms with Crippen LogP contribution in [0.2, 0.25) is 0 Å². The number of thiazole rings is 1. The minimum Gasteiger partial charge on any atom is -0.431 e. The number of rotatable bonds is 6. The molecule has 0 saturated carbocycles. The summed E-state index contributed by atoms with van der Waals surface area (Å²) in [5, 5.41) is 5.56. The molecule has 1 amide bonds. The largest absolute Gasteiger partial charge is 0.431 e. The third kappa shape index (κ3) is 4.10. The summed E-state index contributed by atoms with van der Waals surface area (Å²) in [7, 11) is 0. The molecule has 0 unspecified atom stereocenters. The Balaban J connectivity index is 1.40. The van der Waals surface area contributed by atoms with Gasteiger partial charge < -0.3 is 9.73 Å². The highest BCUT2D eigenvalue weighted by Crippen LogP contribution is 2.29. The molecule has 2 heterocycles. The van der Waals surface area contributed by atoms with Gasteiger partial charge in [-0.3, -0.25) is 4.79 Å². The van der Waals surface area contributed by atoms with E-state index in [0.717, 1.165) is 28.8 Å². The third-order valence-corrected chi connectivity index (χ3v) is 6.01. The number of nitrogens with one attached hydrogen (secondary N) is 1. The minimum atomic E-state index is -0.357. The van der Waals surface area contributed by atoms with Crippen molar-refractivity contribution in [3.63, 3.8) is 0 Å². The number of para-hydroxylation sites is 2. The van der Waals surface area contributed by atoms with Crippen molar-refractivity contribution in [3.8, 4) is 11.3 Å². The number of benzene rings is 2. The van der Waals surface area contributed by atoms with Crippen LogP contribution in [0.1, 0.15) is 19.4 Å². The lowest BCUT2D eigenvalue weighted by molar-refractivity contribution is -0.115. The smallest absolute Gasteiger partial charge is 0.257 e. The Morgan fingerprint density at radius 2 is 1.96 bits per heavy atom. The number of hydrogen-bond acceptors (Lipinski definition) is 6. The number of nitrogens with zero attached hydrogens (tertiary/aromatic N) is 2. The highest BCUT2D eigenvalue weighted by Gasteiger charge is 2.19. The van der Waals surface area contributed by atoms with Crippen LogP contribution in [0.15, 0.2) is 63.6 Å². The first kappa shape index (κ1) is 18.7. The van der Waals surface area contributed by atoms with Crippen LogP contribution in [-0.4, -0.2) is 21.1 Å². The van der Waals surface area contributed by atoms with E-state index in [-0.39, 0.29) is 11.2 Å². The number of carbonyl (C=O) groups excluding carboxylic acids is 1. The normalized spacial score (nSPS) is 12.2. The lowest BCUT2D eigenvalue weighted by atomic mass is 10.1. The zero-order chi connectivity index (χ0) is 19.5. The van der Waals surface area contributed by atoms with Crippen LogP contribution in [-0.2, 0) is 11.2 Å². The van der Waals surface area contributed by atoms with Crippen molar-refractivity contribution in [2.45, 2.75) is 30.7 Å². The maximum atomic E-state index is 12.5. The Bertz CT molecular complexity index is 1070. The summed E-state index contributed by atoms with van der Waals surface area (Å²) in [6, 6.07) is 15.9. The number of aromatic nitrogens is 2. The van der Waals surface area contributed by atoms with Gasteiger partial charge >= 0.3 is 0 Å². The molecule has 1 N–H and O–H groups in total. The summed E-state index contributed by atoms with van der Waals surface area (Å²) >= 11 is 2.71. The predicted octanol–water partition coefficient (Wildman–Crippen LogP) is 5.63. The molecular formula is C21H19N3O2S2. The zero-order valence-corrected chi connectivity index (χ0v) is 17.1. The van der Waals surface area contributed by atoms with Crippen LogP contribution in [0.5, 0.6) is 0 Å². The van der Waals surface area contributed by atoms with Crippen molar-refractivity contribution in [2.24, 2.45) is 0 Å². The summed E-state index contributed by atoms with van der Waals surface area (Å²) in [6.07, 6.45) is 1.01. The van der Waals surface area contributed by atoms with Crippen molar-refractivity contribution < 1.29 is 9.21 Å². The van der Waals surface area contributed by atoms with Gasteiger partial charge in [0.15, 0.2) is 10.7 Å². The average Bonchev–Trinajstić information content (AvgIpc) is 3.34. The third-order valence-electron chi connectivity index (χ3n) is 4.31. The van der Waals surface area contributed by atoms with Crippen LogP contribution >= 0.6 is 23.1 Å². The number of fused-ring (bicyclic) bond motifs is 1. The molecule has 2 aromatic carbocycles. The highest BCUT2D eigenvalue weighted by atomic mass is 32.2. The minimum absolute atomic E-state index is 0.130. The molecule has 0 fully saturated rings. The van der Waals surface area contributed by atoms with E-state index in [4.69, 9.17) is 4.42 Å². The van der Waals surface area contributed by atoms with Gasteiger partial charge in [-0.25, -0.2) is 9.97 Å².